The van der Waals surface area contributed by atoms with E-state index in [4.69, 9.17) is 0 Å². The Morgan fingerprint density at radius 2 is 2.42 bits per heavy atom. The van der Waals surface area contributed by atoms with Gasteiger partial charge in [0.05, 0.1) is 6.20 Å². The molecule has 3 rings (SSSR count). The van der Waals surface area contributed by atoms with Crippen LogP contribution in [0.4, 0.5) is 0 Å². The summed E-state index contributed by atoms with van der Waals surface area (Å²) in [5.74, 6) is 0.459. The van der Waals surface area contributed by atoms with Gasteiger partial charge < -0.3 is 5.32 Å². The number of hydrogen-bond donors (Lipinski definition) is 1. The van der Waals surface area contributed by atoms with E-state index in [0.29, 0.717) is 12.0 Å². The summed E-state index contributed by atoms with van der Waals surface area (Å²) in [6.07, 6.45) is 8.28. The zero-order chi connectivity index (χ0) is 13.2. The Kier molecular flexibility index (Phi) is 3.34. The average molecular weight is 256 g/mol. The lowest BCUT2D eigenvalue weighted by Crippen LogP contribution is -2.26. The fourth-order valence-corrected chi connectivity index (χ4v) is 3.08. The van der Waals surface area contributed by atoms with Crippen LogP contribution in [-0.4, -0.2) is 21.3 Å². The van der Waals surface area contributed by atoms with E-state index in [-0.39, 0.29) is 0 Å². The van der Waals surface area contributed by atoms with E-state index in [1.54, 1.807) is 0 Å². The van der Waals surface area contributed by atoms with E-state index in [9.17, 15) is 0 Å². The average Bonchev–Trinajstić information content (AvgIpc) is 3.03. The molecule has 19 heavy (non-hydrogen) atoms. The van der Waals surface area contributed by atoms with E-state index in [1.807, 2.05) is 30.2 Å². The molecule has 0 amide bonds. The van der Waals surface area contributed by atoms with Crippen LogP contribution in [0.3, 0.4) is 0 Å². The summed E-state index contributed by atoms with van der Waals surface area (Å²) in [6, 6.07) is 4.55. The molecule has 0 saturated carbocycles. The van der Waals surface area contributed by atoms with Crippen molar-refractivity contribution in [2.24, 2.45) is 7.05 Å². The van der Waals surface area contributed by atoms with E-state index in [1.165, 1.54) is 23.2 Å². The Morgan fingerprint density at radius 1 is 1.53 bits per heavy atom. The van der Waals surface area contributed by atoms with Crippen molar-refractivity contribution in [3.8, 4) is 0 Å². The smallest absolute Gasteiger partial charge is 0.0537 e. The molecule has 4 heteroatoms. The van der Waals surface area contributed by atoms with Crippen LogP contribution in [0, 0.1) is 0 Å². The third kappa shape index (κ3) is 2.28. The van der Waals surface area contributed by atoms with Gasteiger partial charge in [0.25, 0.3) is 0 Å². The van der Waals surface area contributed by atoms with Crippen molar-refractivity contribution in [2.45, 2.75) is 31.7 Å². The first-order valence-electron chi connectivity index (χ1n) is 6.95. The molecule has 4 nitrogen and oxygen atoms in total. The molecule has 2 unspecified atom stereocenters. The van der Waals surface area contributed by atoms with Gasteiger partial charge in [-0.15, -0.1) is 0 Å². The van der Waals surface area contributed by atoms with Gasteiger partial charge in [-0.3, -0.25) is 9.67 Å². The Labute approximate surface area is 113 Å². The zero-order valence-corrected chi connectivity index (χ0v) is 11.5. The molecule has 2 aromatic heterocycles. The van der Waals surface area contributed by atoms with Crippen LogP contribution in [0.1, 0.15) is 42.1 Å². The van der Waals surface area contributed by atoms with Gasteiger partial charge in [-0.05, 0) is 31.0 Å². The number of aromatic nitrogens is 3. The third-order valence-electron chi connectivity index (χ3n) is 3.91. The minimum Gasteiger partial charge on any atom is -0.310 e. The van der Waals surface area contributed by atoms with E-state index >= 15 is 0 Å². The predicted octanol–water partition coefficient (Wildman–Crippen LogP) is 2.20. The Bertz CT molecular complexity index is 561. The highest BCUT2D eigenvalue weighted by molar-refractivity contribution is 5.32. The summed E-state index contributed by atoms with van der Waals surface area (Å²) in [5, 5.41) is 7.91. The van der Waals surface area contributed by atoms with Crippen molar-refractivity contribution in [3.63, 3.8) is 0 Å². The summed E-state index contributed by atoms with van der Waals surface area (Å²) < 4.78 is 1.87. The monoisotopic (exact) mass is 256 g/mol. The molecule has 0 spiro atoms. The zero-order valence-electron chi connectivity index (χ0n) is 11.5. The van der Waals surface area contributed by atoms with Gasteiger partial charge in [-0.25, -0.2) is 0 Å². The second-order valence-corrected chi connectivity index (χ2v) is 5.18. The second kappa shape index (κ2) is 5.13. The first kappa shape index (κ1) is 12.4. The maximum atomic E-state index is 4.61. The molecule has 100 valence electrons. The second-order valence-electron chi connectivity index (χ2n) is 5.18. The fraction of sp³-hybridized carbons (Fsp3) is 0.467. The lowest BCUT2D eigenvalue weighted by Gasteiger charge is -2.23. The first-order valence-corrected chi connectivity index (χ1v) is 6.95. The molecule has 1 N–H and O–H groups in total. The Balaban J connectivity index is 1.94. The number of rotatable bonds is 4. The summed E-state index contributed by atoms with van der Waals surface area (Å²) in [4.78, 5) is 4.61. The largest absolute Gasteiger partial charge is 0.310 e. The molecule has 1 aliphatic carbocycles. The van der Waals surface area contributed by atoms with Crippen molar-refractivity contribution in [1.82, 2.24) is 20.1 Å². The number of nitrogens with zero attached hydrogens (tertiary/aromatic N) is 3. The number of nitrogens with one attached hydrogen (secondary N) is 1. The minimum atomic E-state index is 0.315. The van der Waals surface area contributed by atoms with Gasteiger partial charge in [0.15, 0.2) is 0 Å². The van der Waals surface area contributed by atoms with Gasteiger partial charge in [0.2, 0.25) is 0 Å². The van der Waals surface area contributed by atoms with Crippen LogP contribution in [0.25, 0.3) is 0 Å². The van der Waals surface area contributed by atoms with Crippen LogP contribution < -0.4 is 5.32 Å². The Hall–Kier alpha value is -1.68. The lowest BCUT2D eigenvalue weighted by molar-refractivity contribution is 0.447. The maximum absolute atomic E-state index is 4.61. The van der Waals surface area contributed by atoms with Gasteiger partial charge in [-0.2, -0.15) is 5.10 Å². The standard InChI is InChI=1S/C15H20N4/c1-3-16-15(12-9-18-19(2)10-12)13-7-6-11-5-4-8-17-14(11)13/h4-5,8-10,13,15-16H,3,6-7H2,1-2H3. The van der Waals surface area contributed by atoms with Crippen molar-refractivity contribution in [2.75, 3.05) is 6.54 Å². The van der Waals surface area contributed by atoms with Crippen molar-refractivity contribution < 1.29 is 0 Å². The van der Waals surface area contributed by atoms with Crippen molar-refractivity contribution >= 4 is 0 Å². The van der Waals surface area contributed by atoms with Crippen LogP contribution in [0.2, 0.25) is 0 Å². The molecule has 2 heterocycles. The summed E-state index contributed by atoms with van der Waals surface area (Å²) in [7, 11) is 1.97. The number of aryl methyl sites for hydroxylation is 2. The highest BCUT2D eigenvalue weighted by atomic mass is 15.2. The molecule has 0 fully saturated rings. The molecule has 1 aliphatic rings. The lowest BCUT2D eigenvalue weighted by atomic mass is 9.92. The SMILES string of the molecule is CCNC(c1cnn(C)c1)C1CCc2cccnc21. The van der Waals surface area contributed by atoms with Crippen molar-refractivity contribution in [1.29, 1.82) is 0 Å². The summed E-state index contributed by atoms with van der Waals surface area (Å²) >= 11 is 0. The number of fused-ring (bicyclic) bond motifs is 1. The van der Waals surface area contributed by atoms with Gasteiger partial charge in [-0.1, -0.05) is 13.0 Å². The fourth-order valence-electron chi connectivity index (χ4n) is 3.08. The highest BCUT2D eigenvalue weighted by Gasteiger charge is 2.31. The van der Waals surface area contributed by atoms with Gasteiger partial charge in [0, 0.05) is 42.7 Å². The van der Waals surface area contributed by atoms with Crippen LogP contribution in [0.5, 0.6) is 0 Å². The highest BCUT2D eigenvalue weighted by Crippen LogP contribution is 2.40. The number of likely N-dealkylation sites (N-methyl/N-ethyl adjacent to an activating group) is 1. The molecule has 0 radical (unpaired) electrons. The molecule has 2 aromatic rings. The predicted molar refractivity (Wildman–Crippen MR) is 74.9 cm³/mol. The van der Waals surface area contributed by atoms with E-state index in [2.05, 4.69) is 34.6 Å². The van der Waals surface area contributed by atoms with E-state index in [0.717, 1.165) is 13.0 Å². The maximum Gasteiger partial charge on any atom is 0.0537 e. The van der Waals surface area contributed by atoms with Gasteiger partial charge >= 0.3 is 0 Å². The molecular formula is C15H20N4. The molecule has 0 aliphatic heterocycles. The minimum absolute atomic E-state index is 0.315. The summed E-state index contributed by atoms with van der Waals surface area (Å²) in [6.45, 7) is 3.11. The summed E-state index contributed by atoms with van der Waals surface area (Å²) in [5.41, 5.74) is 3.92. The van der Waals surface area contributed by atoms with E-state index < -0.39 is 0 Å². The van der Waals surface area contributed by atoms with Crippen LogP contribution in [-0.2, 0) is 13.5 Å². The molecule has 0 saturated heterocycles. The quantitative estimate of drug-likeness (QED) is 0.912. The molecule has 2 atom stereocenters. The topological polar surface area (TPSA) is 42.7 Å². The first-order chi connectivity index (χ1) is 9.29. The van der Waals surface area contributed by atoms with Crippen molar-refractivity contribution in [3.05, 3.63) is 47.5 Å². The number of hydrogen-bond acceptors (Lipinski definition) is 3. The Morgan fingerprint density at radius 3 is 3.16 bits per heavy atom. The third-order valence-corrected chi connectivity index (χ3v) is 3.91. The molecular weight excluding hydrogens is 236 g/mol. The number of pyridine rings is 1. The molecule has 0 aromatic carbocycles. The molecule has 0 bridgehead atoms. The van der Waals surface area contributed by atoms with Crippen LogP contribution >= 0.6 is 0 Å². The van der Waals surface area contributed by atoms with Gasteiger partial charge in [0.1, 0.15) is 0 Å². The normalized spacial score (nSPS) is 19.4. The van der Waals surface area contributed by atoms with Crippen LogP contribution in [0.15, 0.2) is 30.7 Å².